The van der Waals surface area contributed by atoms with Crippen molar-refractivity contribution in [1.82, 2.24) is 9.80 Å². The Labute approximate surface area is 210 Å². The van der Waals surface area contributed by atoms with E-state index >= 15 is 0 Å². The minimum Gasteiger partial charge on any atom is -0.507 e. The van der Waals surface area contributed by atoms with Gasteiger partial charge in [-0.15, -0.1) is 0 Å². The molecule has 0 radical (unpaired) electrons. The summed E-state index contributed by atoms with van der Waals surface area (Å²) in [4.78, 5) is 30.3. The lowest BCUT2D eigenvalue weighted by Gasteiger charge is -2.28. The molecule has 36 heavy (non-hydrogen) atoms. The van der Waals surface area contributed by atoms with E-state index in [1.807, 2.05) is 20.8 Å². The van der Waals surface area contributed by atoms with Gasteiger partial charge < -0.3 is 33.9 Å². The highest BCUT2D eigenvalue weighted by atomic mass is 16.7. The SMILES string of the molecule is CCOc1ccc(C2C(=C(O)c3ccc4c(c3)OCO4)C(=O)C(=O)N2CCN(CC)CC)cc1OC. The minimum atomic E-state index is -0.796. The van der Waals surface area contributed by atoms with Gasteiger partial charge in [-0.2, -0.15) is 0 Å². The van der Waals surface area contributed by atoms with Crippen molar-refractivity contribution in [3.63, 3.8) is 0 Å². The molecule has 2 aliphatic heterocycles. The molecule has 1 atom stereocenters. The fourth-order valence-corrected chi connectivity index (χ4v) is 4.57. The third-order valence-corrected chi connectivity index (χ3v) is 6.54. The number of aliphatic hydroxyl groups excluding tert-OH is 1. The van der Waals surface area contributed by atoms with Gasteiger partial charge in [0, 0.05) is 18.7 Å². The van der Waals surface area contributed by atoms with Crippen LogP contribution in [-0.2, 0) is 9.59 Å². The Hall–Kier alpha value is -3.72. The molecule has 1 fully saturated rings. The number of aliphatic hydroxyl groups is 1. The topological polar surface area (TPSA) is 97.8 Å². The highest BCUT2D eigenvalue weighted by Crippen LogP contribution is 2.43. The third-order valence-electron chi connectivity index (χ3n) is 6.54. The van der Waals surface area contributed by atoms with Gasteiger partial charge in [0.15, 0.2) is 23.0 Å². The Morgan fingerprint density at radius 1 is 1.06 bits per heavy atom. The van der Waals surface area contributed by atoms with E-state index in [2.05, 4.69) is 4.90 Å². The lowest BCUT2D eigenvalue weighted by molar-refractivity contribution is -0.140. The number of hydrogen-bond acceptors (Lipinski definition) is 8. The number of benzene rings is 2. The summed E-state index contributed by atoms with van der Waals surface area (Å²) in [7, 11) is 1.53. The summed E-state index contributed by atoms with van der Waals surface area (Å²) in [6.07, 6.45) is 0. The summed E-state index contributed by atoms with van der Waals surface area (Å²) < 4.78 is 22.0. The first kappa shape index (κ1) is 25.4. The molecule has 0 saturated carbocycles. The molecule has 2 aromatic carbocycles. The van der Waals surface area contributed by atoms with Gasteiger partial charge in [-0.3, -0.25) is 9.59 Å². The summed E-state index contributed by atoms with van der Waals surface area (Å²) in [5, 5.41) is 11.3. The van der Waals surface area contributed by atoms with Gasteiger partial charge in [-0.05, 0) is 55.9 Å². The van der Waals surface area contributed by atoms with Gasteiger partial charge in [0.1, 0.15) is 5.76 Å². The van der Waals surface area contributed by atoms with E-state index in [1.165, 1.54) is 12.0 Å². The second kappa shape index (κ2) is 10.9. The minimum absolute atomic E-state index is 0.0182. The Morgan fingerprint density at radius 2 is 1.81 bits per heavy atom. The molecule has 2 aromatic rings. The van der Waals surface area contributed by atoms with Gasteiger partial charge in [0.2, 0.25) is 6.79 Å². The van der Waals surface area contributed by atoms with Crippen LogP contribution >= 0.6 is 0 Å². The summed E-state index contributed by atoms with van der Waals surface area (Å²) in [5.41, 5.74) is 1.02. The van der Waals surface area contributed by atoms with Gasteiger partial charge in [0.05, 0.1) is 25.3 Å². The van der Waals surface area contributed by atoms with Gasteiger partial charge >= 0.3 is 0 Å². The molecule has 1 N–H and O–H groups in total. The van der Waals surface area contributed by atoms with E-state index in [9.17, 15) is 14.7 Å². The highest BCUT2D eigenvalue weighted by molar-refractivity contribution is 6.46. The molecule has 9 heteroatoms. The third kappa shape index (κ3) is 4.70. The average Bonchev–Trinajstić information content (AvgIpc) is 3.47. The number of ether oxygens (including phenoxy) is 4. The molecule has 192 valence electrons. The predicted molar refractivity (Wildman–Crippen MR) is 134 cm³/mol. The Morgan fingerprint density at radius 3 is 2.50 bits per heavy atom. The van der Waals surface area contributed by atoms with Crippen LogP contribution < -0.4 is 18.9 Å². The number of amides is 1. The summed E-state index contributed by atoms with van der Waals surface area (Å²) in [6, 6.07) is 9.42. The van der Waals surface area contributed by atoms with Gasteiger partial charge in [-0.25, -0.2) is 0 Å². The van der Waals surface area contributed by atoms with Crippen LogP contribution in [0.1, 0.15) is 37.9 Å². The highest BCUT2D eigenvalue weighted by Gasteiger charge is 2.46. The van der Waals surface area contributed by atoms with Gasteiger partial charge in [0.25, 0.3) is 11.7 Å². The molecule has 0 aliphatic carbocycles. The number of rotatable bonds is 10. The van der Waals surface area contributed by atoms with Crippen LogP contribution in [0.4, 0.5) is 0 Å². The number of fused-ring (bicyclic) bond motifs is 1. The quantitative estimate of drug-likeness (QED) is 0.303. The van der Waals surface area contributed by atoms with Crippen molar-refractivity contribution >= 4 is 17.4 Å². The molecular weight excluding hydrogens is 464 g/mol. The zero-order chi connectivity index (χ0) is 25.8. The van der Waals surface area contributed by atoms with Crippen molar-refractivity contribution in [2.45, 2.75) is 26.8 Å². The van der Waals surface area contributed by atoms with Crippen molar-refractivity contribution in [2.24, 2.45) is 0 Å². The number of likely N-dealkylation sites (tertiary alicyclic amines) is 1. The molecule has 1 unspecified atom stereocenters. The number of ketones is 1. The van der Waals surface area contributed by atoms with E-state index in [4.69, 9.17) is 18.9 Å². The maximum atomic E-state index is 13.3. The van der Waals surface area contributed by atoms with Crippen LogP contribution in [0.15, 0.2) is 42.0 Å². The second-order valence-corrected chi connectivity index (χ2v) is 8.43. The van der Waals surface area contributed by atoms with Crippen LogP contribution in [0.5, 0.6) is 23.0 Å². The van der Waals surface area contributed by atoms with E-state index < -0.39 is 17.7 Å². The van der Waals surface area contributed by atoms with Crippen LogP contribution in [0.2, 0.25) is 0 Å². The van der Waals surface area contributed by atoms with E-state index in [1.54, 1.807) is 36.4 Å². The number of carbonyl (C=O) groups is 2. The first-order valence-electron chi connectivity index (χ1n) is 12.1. The largest absolute Gasteiger partial charge is 0.507 e. The normalized spacial score (nSPS) is 18.2. The molecule has 4 rings (SSSR count). The molecule has 2 aliphatic rings. The number of methoxy groups -OCH3 is 1. The standard InChI is InChI=1S/C27H32N2O7/c1-5-28(6-2)12-13-29-24(17-8-10-19(34-7-3)21(14-17)33-4)23(26(31)27(29)32)25(30)18-9-11-20-22(15-18)36-16-35-20/h8-11,14-15,24,30H,5-7,12-13,16H2,1-4H3. The van der Waals surface area contributed by atoms with Crippen molar-refractivity contribution in [3.8, 4) is 23.0 Å². The Kier molecular flexibility index (Phi) is 7.69. The van der Waals surface area contributed by atoms with Crippen LogP contribution in [0.3, 0.4) is 0 Å². The zero-order valence-electron chi connectivity index (χ0n) is 21.1. The fourth-order valence-electron chi connectivity index (χ4n) is 4.57. The molecule has 1 saturated heterocycles. The number of nitrogens with zero attached hydrogens (tertiary/aromatic N) is 2. The van der Waals surface area contributed by atoms with E-state index in [0.29, 0.717) is 53.8 Å². The first-order valence-corrected chi connectivity index (χ1v) is 12.1. The monoisotopic (exact) mass is 496 g/mol. The molecular formula is C27H32N2O7. The summed E-state index contributed by atoms with van der Waals surface area (Å²) in [6.45, 7) is 9.07. The van der Waals surface area contributed by atoms with E-state index in [-0.39, 0.29) is 18.1 Å². The molecule has 1 amide bonds. The lowest BCUT2D eigenvalue weighted by atomic mass is 9.95. The van der Waals surface area contributed by atoms with Crippen LogP contribution in [0, 0.1) is 0 Å². The van der Waals surface area contributed by atoms with Crippen LogP contribution in [-0.4, -0.2) is 73.3 Å². The lowest BCUT2D eigenvalue weighted by Crippen LogP contribution is -2.38. The first-order chi connectivity index (χ1) is 17.4. The number of likely N-dealkylation sites (N-methyl/N-ethyl adjacent to an activating group) is 1. The van der Waals surface area contributed by atoms with Crippen molar-refractivity contribution in [2.75, 3.05) is 46.7 Å². The Bertz CT molecular complexity index is 1170. The van der Waals surface area contributed by atoms with Crippen molar-refractivity contribution in [3.05, 3.63) is 53.1 Å². The summed E-state index contributed by atoms with van der Waals surface area (Å²) in [5.74, 6) is 0.402. The van der Waals surface area contributed by atoms with Crippen molar-refractivity contribution < 1.29 is 33.6 Å². The number of carbonyl (C=O) groups excluding carboxylic acids is 2. The van der Waals surface area contributed by atoms with Gasteiger partial charge in [-0.1, -0.05) is 19.9 Å². The molecule has 0 aromatic heterocycles. The fraction of sp³-hybridized carbons (Fsp3) is 0.407. The maximum absolute atomic E-state index is 13.3. The Balaban J connectivity index is 1.82. The molecule has 0 bridgehead atoms. The molecule has 0 spiro atoms. The maximum Gasteiger partial charge on any atom is 0.295 e. The molecule has 2 heterocycles. The smallest absolute Gasteiger partial charge is 0.295 e. The second-order valence-electron chi connectivity index (χ2n) is 8.43. The summed E-state index contributed by atoms with van der Waals surface area (Å²) >= 11 is 0. The molecule has 9 nitrogen and oxygen atoms in total. The zero-order valence-corrected chi connectivity index (χ0v) is 21.1. The average molecular weight is 497 g/mol. The number of Topliss-reactive ketones (excluding diaryl/α,β-unsaturated/α-hetero) is 1. The van der Waals surface area contributed by atoms with Crippen LogP contribution in [0.25, 0.3) is 5.76 Å². The number of hydrogen-bond donors (Lipinski definition) is 1. The van der Waals surface area contributed by atoms with E-state index in [0.717, 1.165) is 13.1 Å². The predicted octanol–water partition coefficient (Wildman–Crippen LogP) is 3.59. The van der Waals surface area contributed by atoms with Crippen molar-refractivity contribution in [1.29, 1.82) is 0 Å².